The maximum atomic E-state index is 12.8. The normalized spacial score (nSPS) is 27.4. The Morgan fingerprint density at radius 1 is 1.20 bits per heavy atom. The van der Waals surface area contributed by atoms with E-state index < -0.39 is 21.4 Å². The van der Waals surface area contributed by atoms with Crippen molar-refractivity contribution in [3.63, 3.8) is 0 Å². The second-order valence-corrected chi connectivity index (χ2v) is 9.43. The van der Waals surface area contributed by atoms with E-state index in [9.17, 15) is 22.8 Å². The van der Waals surface area contributed by atoms with Crippen LogP contribution in [0, 0.1) is 0 Å². The minimum absolute atomic E-state index is 0.0246. The van der Waals surface area contributed by atoms with Crippen molar-refractivity contribution in [1.29, 1.82) is 0 Å². The van der Waals surface area contributed by atoms with Crippen LogP contribution in [0.1, 0.15) is 46.0 Å². The quantitative estimate of drug-likeness (QED) is 0.675. The second-order valence-electron chi connectivity index (χ2n) is 7.20. The van der Waals surface area contributed by atoms with Crippen molar-refractivity contribution in [3.8, 4) is 0 Å². The first-order chi connectivity index (χ1) is 11.7. The van der Waals surface area contributed by atoms with E-state index in [4.69, 9.17) is 0 Å². The summed E-state index contributed by atoms with van der Waals surface area (Å²) in [6.45, 7) is 3.33. The second kappa shape index (κ2) is 6.26. The summed E-state index contributed by atoms with van der Waals surface area (Å²) in [6.07, 6.45) is 3.04. The summed E-state index contributed by atoms with van der Waals surface area (Å²) >= 11 is 0. The molecule has 8 nitrogen and oxygen atoms in total. The standard InChI is InChI=1S/C16H25N3O5S/c1-3-16(4-2)14(21)18(15(22)17-16)9-13(20)19(11-5-6-11)12-7-8-25(23,24)10-12/h11-12H,3-10H2,1-2H3,(H,17,22)/t12-/m1/s1. The van der Waals surface area contributed by atoms with Crippen LogP contribution in [-0.2, 0) is 19.4 Å². The van der Waals surface area contributed by atoms with Crippen molar-refractivity contribution in [2.45, 2.75) is 63.6 Å². The predicted octanol–water partition coefficient (Wildman–Crippen LogP) is 0.275. The summed E-state index contributed by atoms with van der Waals surface area (Å²) in [5.74, 6) is -0.642. The lowest BCUT2D eigenvalue weighted by Crippen LogP contribution is -2.50. The number of amides is 4. The highest BCUT2D eigenvalue weighted by Crippen LogP contribution is 2.33. The molecular weight excluding hydrogens is 346 g/mol. The number of sulfone groups is 1. The van der Waals surface area contributed by atoms with Gasteiger partial charge in [-0.15, -0.1) is 0 Å². The van der Waals surface area contributed by atoms with Gasteiger partial charge >= 0.3 is 6.03 Å². The van der Waals surface area contributed by atoms with E-state index in [1.54, 1.807) is 4.90 Å². The van der Waals surface area contributed by atoms with Gasteiger partial charge in [0.2, 0.25) is 5.91 Å². The average Bonchev–Trinajstić information content (AvgIpc) is 3.28. The Labute approximate surface area is 147 Å². The van der Waals surface area contributed by atoms with E-state index in [2.05, 4.69) is 5.32 Å². The highest BCUT2D eigenvalue weighted by Gasteiger charge is 2.50. The van der Waals surface area contributed by atoms with Gasteiger partial charge in [0.15, 0.2) is 9.84 Å². The monoisotopic (exact) mass is 371 g/mol. The minimum atomic E-state index is -3.11. The van der Waals surface area contributed by atoms with Crippen molar-refractivity contribution >= 4 is 27.7 Å². The fourth-order valence-electron chi connectivity index (χ4n) is 3.82. The Morgan fingerprint density at radius 2 is 1.84 bits per heavy atom. The third kappa shape index (κ3) is 3.26. The highest BCUT2D eigenvalue weighted by atomic mass is 32.2. The Hall–Kier alpha value is -1.64. The van der Waals surface area contributed by atoms with E-state index in [1.165, 1.54) is 0 Å². The van der Waals surface area contributed by atoms with Crippen LogP contribution in [0.25, 0.3) is 0 Å². The molecule has 140 valence electrons. The number of hydrogen-bond acceptors (Lipinski definition) is 5. The smallest absolute Gasteiger partial charge is 0.325 e. The Bertz CT molecular complexity index is 697. The Balaban J connectivity index is 1.74. The number of hydrogen-bond donors (Lipinski definition) is 1. The first-order valence-corrected chi connectivity index (χ1v) is 10.7. The number of urea groups is 1. The molecule has 0 aromatic carbocycles. The fourth-order valence-corrected chi connectivity index (χ4v) is 5.53. The summed E-state index contributed by atoms with van der Waals surface area (Å²) in [7, 11) is -3.11. The molecule has 1 aliphatic carbocycles. The van der Waals surface area contributed by atoms with Gasteiger partial charge in [0.25, 0.3) is 5.91 Å². The predicted molar refractivity (Wildman–Crippen MR) is 90.5 cm³/mol. The third-order valence-corrected chi connectivity index (χ3v) is 7.33. The van der Waals surface area contributed by atoms with Gasteiger partial charge in [-0.25, -0.2) is 13.2 Å². The number of carbonyl (C=O) groups excluding carboxylic acids is 3. The summed E-state index contributed by atoms with van der Waals surface area (Å²) in [5, 5.41) is 2.71. The zero-order valence-electron chi connectivity index (χ0n) is 14.7. The van der Waals surface area contributed by atoms with Gasteiger partial charge in [0, 0.05) is 12.1 Å². The molecule has 9 heteroatoms. The van der Waals surface area contributed by atoms with Crippen molar-refractivity contribution in [2.24, 2.45) is 0 Å². The Morgan fingerprint density at radius 3 is 2.28 bits per heavy atom. The highest BCUT2D eigenvalue weighted by molar-refractivity contribution is 7.91. The molecule has 0 aromatic rings. The van der Waals surface area contributed by atoms with Crippen LogP contribution in [0.15, 0.2) is 0 Å². The summed E-state index contributed by atoms with van der Waals surface area (Å²) in [5.41, 5.74) is -0.932. The molecule has 0 aromatic heterocycles. The molecule has 3 fully saturated rings. The zero-order chi connectivity index (χ0) is 18.4. The van der Waals surface area contributed by atoms with Crippen LogP contribution in [0.3, 0.4) is 0 Å². The first-order valence-electron chi connectivity index (χ1n) is 8.88. The van der Waals surface area contributed by atoms with E-state index >= 15 is 0 Å². The van der Waals surface area contributed by atoms with E-state index in [0.29, 0.717) is 19.3 Å². The third-order valence-electron chi connectivity index (χ3n) is 5.58. The molecule has 0 bridgehead atoms. The molecule has 2 saturated heterocycles. The van der Waals surface area contributed by atoms with Crippen LogP contribution in [-0.4, -0.2) is 71.7 Å². The molecule has 25 heavy (non-hydrogen) atoms. The molecule has 0 radical (unpaired) electrons. The lowest BCUT2D eigenvalue weighted by atomic mass is 9.93. The van der Waals surface area contributed by atoms with Gasteiger partial charge in [-0.05, 0) is 32.1 Å². The van der Waals surface area contributed by atoms with E-state index in [-0.39, 0.29) is 41.9 Å². The molecule has 3 aliphatic rings. The van der Waals surface area contributed by atoms with Crippen LogP contribution < -0.4 is 5.32 Å². The SMILES string of the molecule is CCC1(CC)NC(=O)N(CC(=O)N(C2CC2)[C@@H]2CCS(=O)(=O)C2)C1=O. The van der Waals surface area contributed by atoms with Gasteiger partial charge in [-0.3, -0.25) is 14.5 Å². The van der Waals surface area contributed by atoms with Crippen LogP contribution in [0.5, 0.6) is 0 Å². The minimum Gasteiger partial charge on any atom is -0.334 e. The van der Waals surface area contributed by atoms with Crippen molar-refractivity contribution < 1.29 is 22.8 Å². The lowest BCUT2D eigenvalue weighted by molar-refractivity contribution is -0.140. The first kappa shape index (κ1) is 18.2. The average molecular weight is 371 g/mol. The molecule has 0 spiro atoms. The van der Waals surface area contributed by atoms with Crippen molar-refractivity contribution in [1.82, 2.24) is 15.1 Å². The van der Waals surface area contributed by atoms with Crippen LogP contribution in [0.2, 0.25) is 0 Å². The van der Waals surface area contributed by atoms with Gasteiger partial charge in [-0.2, -0.15) is 0 Å². The van der Waals surface area contributed by atoms with Gasteiger partial charge < -0.3 is 10.2 Å². The number of imide groups is 1. The maximum absolute atomic E-state index is 12.8. The van der Waals surface area contributed by atoms with Gasteiger partial charge in [-0.1, -0.05) is 13.8 Å². The summed E-state index contributed by atoms with van der Waals surface area (Å²) in [4.78, 5) is 40.3. The molecule has 1 saturated carbocycles. The molecule has 1 N–H and O–H groups in total. The molecule has 2 heterocycles. The van der Waals surface area contributed by atoms with E-state index in [1.807, 2.05) is 13.8 Å². The van der Waals surface area contributed by atoms with Crippen molar-refractivity contribution in [3.05, 3.63) is 0 Å². The molecule has 0 unspecified atom stereocenters. The largest absolute Gasteiger partial charge is 0.334 e. The maximum Gasteiger partial charge on any atom is 0.325 e. The topological polar surface area (TPSA) is 104 Å². The lowest BCUT2D eigenvalue weighted by Gasteiger charge is -2.30. The molecular formula is C16H25N3O5S. The summed E-state index contributed by atoms with van der Waals surface area (Å²) in [6, 6.07) is -0.849. The molecule has 4 amide bonds. The number of rotatable bonds is 6. The number of carbonyl (C=O) groups is 3. The number of nitrogens with one attached hydrogen (secondary N) is 1. The zero-order valence-corrected chi connectivity index (χ0v) is 15.5. The molecule has 2 aliphatic heterocycles. The van der Waals surface area contributed by atoms with Gasteiger partial charge in [0.1, 0.15) is 12.1 Å². The van der Waals surface area contributed by atoms with Crippen LogP contribution in [0.4, 0.5) is 4.79 Å². The molecule has 3 rings (SSSR count). The van der Waals surface area contributed by atoms with Gasteiger partial charge in [0.05, 0.1) is 11.5 Å². The number of nitrogens with zero attached hydrogens (tertiary/aromatic N) is 2. The van der Waals surface area contributed by atoms with E-state index in [0.717, 1.165) is 17.7 Å². The Kier molecular flexibility index (Phi) is 4.55. The van der Waals surface area contributed by atoms with Crippen LogP contribution >= 0.6 is 0 Å². The molecule has 1 atom stereocenters. The fraction of sp³-hybridized carbons (Fsp3) is 0.812. The summed E-state index contributed by atoms with van der Waals surface area (Å²) < 4.78 is 23.5. The van der Waals surface area contributed by atoms with Crippen molar-refractivity contribution in [2.75, 3.05) is 18.1 Å².